The molecule has 0 radical (unpaired) electrons. The molecule has 1 aromatic heterocycles. The van der Waals surface area contributed by atoms with E-state index < -0.39 is 10.0 Å². The van der Waals surface area contributed by atoms with Crippen LogP contribution < -0.4 is 9.46 Å². The summed E-state index contributed by atoms with van der Waals surface area (Å²) in [5, 5.41) is 0.923. The number of ether oxygens (including phenoxy) is 1. The molecule has 1 N–H and O–H groups in total. The lowest BCUT2D eigenvalue weighted by molar-refractivity contribution is 0.402. The molecule has 0 aliphatic rings. The molecule has 0 atom stereocenters. The Bertz CT molecular complexity index is 724. The monoisotopic (exact) mass is 326 g/mol. The van der Waals surface area contributed by atoms with E-state index in [9.17, 15) is 8.42 Å². The van der Waals surface area contributed by atoms with Crippen LogP contribution in [-0.4, -0.2) is 27.1 Å². The second-order valence-electron chi connectivity index (χ2n) is 4.67. The summed E-state index contributed by atoms with van der Waals surface area (Å²) in [5.74, 6) is 0.346. The van der Waals surface area contributed by atoms with Gasteiger partial charge in [0.15, 0.2) is 0 Å². The molecule has 0 saturated carbocycles. The second-order valence-corrected chi connectivity index (χ2v) is 7.72. The van der Waals surface area contributed by atoms with Crippen LogP contribution in [0, 0.1) is 13.8 Å². The molecule has 0 bridgehead atoms. The highest BCUT2D eigenvalue weighted by Crippen LogP contribution is 2.24. The molecule has 0 aliphatic carbocycles. The topological polar surface area (TPSA) is 68.3 Å². The van der Waals surface area contributed by atoms with Crippen LogP contribution in [0.25, 0.3) is 0 Å². The molecule has 1 aromatic carbocycles. The SMILES string of the molecule is COc1ccc(C)cc1S(=O)(=O)NCCc1ncc(C)s1. The summed E-state index contributed by atoms with van der Waals surface area (Å²) in [5.41, 5.74) is 0.867. The van der Waals surface area contributed by atoms with Gasteiger partial charge in [0.2, 0.25) is 10.0 Å². The molecule has 0 fully saturated rings. The van der Waals surface area contributed by atoms with E-state index in [0.717, 1.165) is 15.4 Å². The third kappa shape index (κ3) is 4.03. The van der Waals surface area contributed by atoms with Gasteiger partial charge in [-0.25, -0.2) is 18.1 Å². The lowest BCUT2D eigenvalue weighted by atomic mass is 10.2. The van der Waals surface area contributed by atoms with Crippen LogP contribution in [0.4, 0.5) is 0 Å². The predicted octanol–water partition coefficient (Wildman–Crippen LogP) is 2.29. The fourth-order valence-corrected chi connectivity index (χ4v) is 3.95. The fourth-order valence-electron chi connectivity index (χ4n) is 1.88. The van der Waals surface area contributed by atoms with E-state index in [1.54, 1.807) is 29.7 Å². The minimum absolute atomic E-state index is 0.167. The highest BCUT2D eigenvalue weighted by molar-refractivity contribution is 7.89. The van der Waals surface area contributed by atoms with Crippen molar-refractivity contribution in [1.82, 2.24) is 9.71 Å². The van der Waals surface area contributed by atoms with E-state index >= 15 is 0 Å². The number of aromatic nitrogens is 1. The van der Waals surface area contributed by atoms with E-state index in [2.05, 4.69) is 9.71 Å². The average Bonchev–Trinajstić information content (AvgIpc) is 2.84. The summed E-state index contributed by atoms with van der Waals surface area (Å²) < 4.78 is 32.4. The van der Waals surface area contributed by atoms with E-state index in [1.807, 2.05) is 19.9 Å². The molecule has 114 valence electrons. The lowest BCUT2D eigenvalue weighted by Gasteiger charge is -2.11. The highest BCUT2D eigenvalue weighted by atomic mass is 32.2. The summed E-state index contributed by atoms with van der Waals surface area (Å²) in [6.45, 7) is 4.13. The minimum Gasteiger partial charge on any atom is -0.495 e. The van der Waals surface area contributed by atoms with Gasteiger partial charge < -0.3 is 4.74 Å². The van der Waals surface area contributed by atoms with Crippen molar-refractivity contribution in [2.75, 3.05) is 13.7 Å². The van der Waals surface area contributed by atoms with Gasteiger partial charge in [0, 0.05) is 24.0 Å². The number of benzene rings is 1. The number of aryl methyl sites for hydroxylation is 2. The van der Waals surface area contributed by atoms with Crippen molar-refractivity contribution in [2.24, 2.45) is 0 Å². The lowest BCUT2D eigenvalue weighted by Crippen LogP contribution is -2.26. The number of nitrogens with one attached hydrogen (secondary N) is 1. The van der Waals surface area contributed by atoms with Gasteiger partial charge in [-0.1, -0.05) is 6.07 Å². The first-order valence-electron chi connectivity index (χ1n) is 6.48. The van der Waals surface area contributed by atoms with Crippen LogP contribution in [0.2, 0.25) is 0 Å². The first kappa shape index (κ1) is 15.9. The molecule has 0 unspecified atom stereocenters. The molecule has 0 saturated heterocycles. The Balaban J connectivity index is 2.09. The van der Waals surface area contributed by atoms with E-state index in [0.29, 0.717) is 18.7 Å². The molecule has 5 nitrogen and oxygen atoms in total. The minimum atomic E-state index is -3.59. The quantitative estimate of drug-likeness (QED) is 0.884. The smallest absolute Gasteiger partial charge is 0.244 e. The van der Waals surface area contributed by atoms with Crippen molar-refractivity contribution in [3.63, 3.8) is 0 Å². The Morgan fingerprint density at radius 3 is 2.71 bits per heavy atom. The molecule has 0 amide bonds. The second kappa shape index (κ2) is 6.55. The Hall–Kier alpha value is -1.44. The molecule has 0 aliphatic heterocycles. The van der Waals surface area contributed by atoms with Crippen LogP contribution >= 0.6 is 11.3 Å². The summed E-state index contributed by atoms with van der Waals surface area (Å²) in [6.07, 6.45) is 2.37. The maximum atomic E-state index is 12.4. The number of methoxy groups -OCH3 is 1. The van der Waals surface area contributed by atoms with Crippen LogP contribution in [-0.2, 0) is 16.4 Å². The van der Waals surface area contributed by atoms with Gasteiger partial charge in [-0.3, -0.25) is 0 Å². The number of hydrogen-bond acceptors (Lipinski definition) is 5. The third-order valence-electron chi connectivity index (χ3n) is 2.91. The number of sulfonamides is 1. The van der Waals surface area contributed by atoms with Gasteiger partial charge in [-0.05, 0) is 31.5 Å². The Kier molecular flexibility index (Phi) is 4.97. The van der Waals surface area contributed by atoms with Crippen molar-refractivity contribution in [2.45, 2.75) is 25.2 Å². The summed E-state index contributed by atoms with van der Waals surface area (Å²) in [4.78, 5) is 5.50. The maximum absolute atomic E-state index is 12.4. The van der Waals surface area contributed by atoms with Gasteiger partial charge in [0.05, 0.1) is 12.1 Å². The molecule has 0 spiro atoms. The highest BCUT2D eigenvalue weighted by Gasteiger charge is 2.19. The Morgan fingerprint density at radius 1 is 1.33 bits per heavy atom. The van der Waals surface area contributed by atoms with Crippen molar-refractivity contribution in [3.05, 3.63) is 39.8 Å². The zero-order valence-corrected chi connectivity index (χ0v) is 13.8. The first-order valence-corrected chi connectivity index (χ1v) is 8.78. The number of thiazole rings is 1. The van der Waals surface area contributed by atoms with Gasteiger partial charge in [0.1, 0.15) is 10.6 Å². The average molecular weight is 326 g/mol. The van der Waals surface area contributed by atoms with Gasteiger partial charge in [-0.15, -0.1) is 11.3 Å². The van der Waals surface area contributed by atoms with Crippen LogP contribution in [0.15, 0.2) is 29.3 Å². The molecular weight excluding hydrogens is 308 g/mol. The van der Waals surface area contributed by atoms with E-state index in [4.69, 9.17) is 4.74 Å². The summed E-state index contributed by atoms with van der Waals surface area (Å²) >= 11 is 1.57. The van der Waals surface area contributed by atoms with Crippen molar-refractivity contribution >= 4 is 21.4 Å². The van der Waals surface area contributed by atoms with Crippen LogP contribution in [0.1, 0.15) is 15.4 Å². The summed E-state index contributed by atoms with van der Waals surface area (Å²) in [7, 11) is -2.13. The molecule has 1 heterocycles. The molecule has 2 aromatic rings. The van der Waals surface area contributed by atoms with Crippen molar-refractivity contribution in [1.29, 1.82) is 0 Å². The van der Waals surface area contributed by atoms with Crippen molar-refractivity contribution < 1.29 is 13.2 Å². The van der Waals surface area contributed by atoms with Crippen LogP contribution in [0.3, 0.4) is 0 Å². The van der Waals surface area contributed by atoms with Gasteiger partial charge in [0.25, 0.3) is 0 Å². The molecule has 7 heteroatoms. The first-order chi connectivity index (χ1) is 9.92. The van der Waals surface area contributed by atoms with Crippen LogP contribution in [0.5, 0.6) is 5.75 Å². The number of hydrogen-bond donors (Lipinski definition) is 1. The van der Waals surface area contributed by atoms with E-state index in [-0.39, 0.29) is 4.90 Å². The van der Waals surface area contributed by atoms with E-state index in [1.165, 1.54) is 7.11 Å². The van der Waals surface area contributed by atoms with Crippen molar-refractivity contribution in [3.8, 4) is 5.75 Å². The largest absolute Gasteiger partial charge is 0.495 e. The molecule has 21 heavy (non-hydrogen) atoms. The Morgan fingerprint density at radius 2 is 2.10 bits per heavy atom. The molecule has 2 rings (SSSR count). The normalized spacial score (nSPS) is 11.6. The number of nitrogens with zero attached hydrogens (tertiary/aromatic N) is 1. The Labute approximate surface area is 129 Å². The zero-order chi connectivity index (χ0) is 15.5. The molecular formula is C14H18N2O3S2. The van der Waals surface area contributed by atoms with Gasteiger partial charge in [-0.2, -0.15) is 0 Å². The number of rotatable bonds is 6. The predicted molar refractivity (Wildman–Crippen MR) is 83.5 cm³/mol. The fraction of sp³-hybridized carbons (Fsp3) is 0.357. The third-order valence-corrected chi connectivity index (χ3v) is 5.36. The summed E-state index contributed by atoms with van der Waals surface area (Å²) in [6, 6.07) is 5.08. The van der Waals surface area contributed by atoms with Gasteiger partial charge >= 0.3 is 0 Å². The zero-order valence-electron chi connectivity index (χ0n) is 12.2. The maximum Gasteiger partial charge on any atom is 0.244 e. The standard InChI is InChI=1S/C14H18N2O3S2/c1-10-4-5-12(19-3)13(8-10)21(17,18)16-7-6-14-15-9-11(2)20-14/h4-5,8-9,16H,6-7H2,1-3H3.